The summed E-state index contributed by atoms with van der Waals surface area (Å²) < 4.78 is 5.63. The van der Waals surface area contributed by atoms with E-state index in [0.717, 1.165) is 13.0 Å². The monoisotopic (exact) mass is 345 g/mol. The largest absolute Gasteiger partial charge is 0.377 e. The maximum atomic E-state index is 11.9. The van der Waals surface area contributed by atoms with Crippen LogP contribution in [0.4, 0.5) is 0 Å². The van der Waals surface area contributed by atoms with Crippen molar-refractivity contribution in [2.24, 2.45) is 11.1 Å². The summed E-state index contributed by atoms with van der Waals surface area (Å²) in [6, 6.07) is -0.497. The van der Waals surface area contributed by atoms with Gasteiger partial charge in [0.15, 0.2) is 0 Å². The Bertz CT molecular complexity index is 271. The summed E-state index contributed by atoms with van der Waals surface area (Å²) in [5.74, 6) is -0.109. The third kappa shape index (κ3) is 12.2. The minimum Gasteiger partial charge on any atom is -0.377 e. The molecular formula is C14H33Cl2N3O2. The lowest BCUT2D eigenvalue weighted by molar-refractivity contribution is -0.125. The van der Waals surface area contributed by atoms with Crippen LogP contribution in [0.15, 0.2) is 0 Å². The molecule has 0 aromatic heterocycles. The van der Waals surface area contributed by atoms with E-state index in [1.165, 1.54) is 0 Å². The van der Waals surface area contributed by atoms with E-state index in [4.69, 9.17) is 10.5 Å². The molecule has 7 heteroatoms. The van der Waals surface area contributed by atoms with Crippen LogP contribution in [-0.4, -0.2) is 56.7 Å². The second-order valence-electron chi connectivity index (χ2n) is 6.26. The number of nitrogens with zero attached hydrogens (tertiary/aromatic N) is 1. The predicted octanol–water partition coefficient (Wildman–Crippen LogP) is 1.68. The molecule has 1 unspecified atom stereocenters. The minimum atomic E-state index is -0.497. The van der Waals surface area contributed by atoms with Crippen molar-refractivity contribution in [3.63, 3.8) is 0 Å². The van der Waals surface area contributed by atoms with Crippen molar-refractivity contribution in [1.82, 2.24) is 10.2 Å². The quantitative estimate of drug-likeness (QED) is 0.702. The molecule has 0 spiro atoms. The van der Waals surface area contributed by atoms with Crippen molar-refractivity contribution >= 4 is 30.7 Å². The van der Waals surface area contributed by atoms with E-state index < -0.39 is 6.04 Å². The van der Waals surface area contributed by atoms with Gasteiger partial charge in [-0.15, -0.1) is 24.8 Å². The average Bonchev–Trinajstić information content (AvgIpc) is 2.29. The van der Waals surface area contributed by atoms with E-state index in [2.05, 4.69) is 10.2 Å². The fourth-order valence-corrected chi connectivity index (χ4v) is 1.60. The highest BCUT2D eigenvalue weighted by Gasteiger charge is 2.27. The van der Waals surface area contributed by atoms with Gasteiger partial charge in [-0.3, -0.25) is 4.79 Å². The van der Waals surface area contributed by atoms with Gasteiger partial charge in [-0.25, -0.2) is 0 Å². The van der Waals surface area contributed by atoms with Gasteiger partial charge in [0.25, 0.3) is 0 Å². The summed E-state index contributed by atoms with van der Waals surface area (Å²) in [5.41, 5.74) is 5.69. The highest BCUT2D eigenvalue weighted by Crippen LogP contribution is 2.17. The molecule has 0 saturated carbocycles. The Balaban J connectivity index is -0.00000162. The number of hydrogen-bond donors (Lipinski definition) is 2. The van der Waals surface area contributed by atoms with E-state index in [1.54, 1.807) is 0 Å². The zero-order valence-corrected chi connectivity index (χ0v) is 15.8. The van der Waals surface area contributed by atoms with Crippen LogP contribution in [0.5, 0.6) is 0 Å². The lowest BCUT2D eigenvalue weighted by atomic mass is 9.87. The third-order valence-electron chi connectivity index (χ3n) is 3.02. The molecule has 0 fully saturated rings. The Morgan fingerprint density at radius 3 is 2.19 bits per heavy atom. The molecule has 0 aliphatic heterocycles. The van der Waals surface area contributed by atoms with E-state index in [1.807, 2.05) is 41.8 Å². The molecule has 0 saturated heterocycles. The Morgan fingerprint density at radius 2 is 1.81 bits per heavy atom. The Morgan fingerprint density at radius 1 is 1.29 bits per heavy atom. The molecule has 5 nitrogen and oxygen atoms in total. The normalized spacial score (nSPS) is 13.9. The van der Waals surface area contributed by atoms with Crippen LogP contribution in [0, 0.1) is 5.41 Å². The minimum absolute atomic E-state index is 0. The summed E-state index contributed by atoms with van der Waals surface area (Å²) in [6.45, 7) is 9.96. The fraction of sp³-hybridized carbons (Fsp3) is 0.929. The van der Waals surface area contributed by atoms with Crippen LogP contribution in [-0.2, 0) is 9.53 Å². The first-order valence-corrected chi connectivity index (χ1v) is 6.98. The maximum Gasteiger partial charge on any atom is 0.237 e. The average molecular weight is 346 g/mol. The first-order chi connectivity index (χ1) is 8.68. The summed E-state index contributed by atoms with van der Waals surface area (Å²) in [7, 11) is 4.05. The molecule has 0 aliphatic carbocycles. The van der Waals surface area contributed by atoms with Crippen LogP contribution < -0.4 is 11.1 Å². The van der Waals surface area contributed by atoms with Gasteiger partial charge in [-0.05, 0) is 32.9 Å². The van der Waals surface area contributed by atoms with Crippen molar-refractivity contribution in [1.29, 1.82) is 0 Å². The topological polar surface area (TPSA) is 67.6 Å². The van der Waals surface area contributed by atoms with Crippen LogP contribution >= 0.6 is 24.8 Å². The molecule has 2 atom stereocenters. The summed E-state index contributed by atoms with van der Waals surface area (Å²) in [5, 5.41) is 2.89. The number of rotatable bonds is 8. The zero-order chi connectivity index (χ0) is 15.1. The van der Waals surface area contributed by atoms with Crippen LogP contribution in [0.1, 0.15) is 34.1 Å². The zero-order valence-electron chi connectivity index (χ0n) is 14.1. The molecule has 0 aliphatic rings. The van der Waals surface area contributed by atoms with Gasteiger partial charge in [0.05, 0.1) is 12.1 Å². The lowest BCUT2D eigenvalue weighted by Gasteiger charge is -2.27. The summed E-state index contributed by atoms with van der Waals surface area (Å²) in [6.07, 6.45) is 0.940. The number of carbonyl (C=O) groups is 1. The van der Waals surface area contributed by atoms with Crippen LogP contribution in [0.3, 0.4) is 0 Å². The molecule has 0 heterocycles. The van der Waals surface area contributed by atoms with Gasteiger partial charge in [0.1, 0.15) is 0 Å². The number of ether oxygens (including phenoxy) is 1. The van der Waals surface area contributed by atoms with Gasteiger partial charge in [0.2, 0.25) is 5.91 Å². The second kappa shape index (κ2) is 12.5. The van der Waals surface area contributed by atoms with Crippen LogP contribution in [0.25, 0.3) is 0 Å². The maximum absolute atomic E-state index is 11.9. The molecule has 130 valence electrons. The standard InChI is InChI=1S/C14H31N3O2.2ClH/c1-7-19-11(8-9-17(5)6)10-16-13(18)12(15)14(2,3)4;;/h11-12H,7-10,15H2,1-6H3,(H,16,18);2*1H/t11?,12-;;/m1../s1. The van der Waals surface area contributed by atoms with Crippen molar-refractivity contribution in [3.8, 4) is 0 Å². The van der Waals surface area contributed by atoms with Crippen molar-refractivity contribution in [2.45, 2.75) is 46.3 Å². The first-order valence-electron chi connectivity index (χ1n) is 6.98. The molecular weight excluding hydrogens is 313 g/mol. The molecule has 0 radical (unpaired) electrons. The van der Waals surface area contributed by atoms with E-state index in [0.29, 0.717) is 13.2 Å². The van der Waals surface area contributed by atoms with Crippen molar-refractivity contribution in [2.75, 3.05) is 33.8 Å². The van der Waals surface area contributed by atoms with Crippen LogP contribution in [0.2, 0.25) is 0 Å². The lowest BCUT2D eigenvalue weighted by Crippen LogP contribution is -2.50. The Kier molecular flexibility index (Phi) is 15.4. The highest BCUT2D eigenvalue weighted by atomic mass is 35.5. The molecule has 3 N–H and O–H groups in total. The SMILES string of the molecule is CCOC(CCN(C)C)CNC(=O)[C@@H](N)C(C)(C)C.Cl.Cl. The molecule has 0 aromatic carbocycles. The molecule has 0 rings (SSSR count). The third-order valence-corrected chi connectivity index (χ3v) is 3.02. The predicted molar refractivity (Wildman–Crippen MR) is 93.5 cm³/mol. The van der Waals surface area contributed by atoms with E-state index in [9.17, 15) is 4.79 Å². The van der Waals surface area contributed by atoms with Crippen molar-refractivity contribution < 1.29 is 9.53 Å². The van der Waals surface area contributed by atoms with Gasteiger partial charge >= 0.3 is 0 Å². The van der Waals surface area contributed by atoms with E-state index in [-0.39, 0.29) is 42.2 Å². The Hall–Kier alpha value is -0.0700. The number of hydrogen-bond acceptors (Lipinski definition) is 4. The molecule has 0 aromatic rings. The molecule has 1 amide bonds. The Labute approximate surface area is 142 Å². The smallest absolute Gasteiger partial charge is 0.237 e. The fourth-order valence-electron chi connectivity index (χ4n) is 1.60. The van der Waals surface area contributed by atoms with Crippen molar-refractivity contribution in [3.05, 3.63) is 0 Å². The number of amides is 1. The first kappa shape index (κ1) is 25.9. The van der Waals surface area contributed by atoms with E-state index >= 15 is 0 Å². The molecule has 0 bridgehead atoms. The summed E-state index contributed by atoms with van der Waals surface area (Å²) in [4.78, 5) is 14.0. The molecule has 21 heavy (non-hydrogen) atoms. The highest BCUT2D eigenvalue weighted by molar-refractivity contribution is 5.85. The summed E-state index contributed by atoms with van der Waals surface area (Å²) >= 11 is 0. The van der Waals surface area contributed by atoms with Gasteiger partial charge in [-0.2, -0.15) is 0 Å². The van der Waals surface area contributed by atoms with Gasteiger partial charge in [0, 0.05) is 19.7 Å². The number of nitrogens with two attached hydrogens (primary N) is 1. The number of nitrogens with one attached hydrogen (secondary N) is 1. The number of halogens is 2. The number of carbonyl (C=O) groups excluding carboxylic acids is 1. The second-order valence-corrected chi connectivity index (χ2v) is 6.26. The van der Waals surface area contributed by atoms with Gasteiger partial charge < -0.3 is 20.7 Å². The van der Waals surface area contributed by atoms with Gasteiger partial charge in [-0.1, -0.05) is 20.8 Å².